The minimum absolute atomic E-state index is 0.103. The summed E-state index contributed by atoms with van der Waals surface area (Å²) in [6.45, 7) is 0.859. The summed E-state index contributed by atoms with van der Waals surface area (Å²) in [5.74, 6) is 0.205. The van der Waals surface area contributed by atoms with Crippen LogP contribution in [0, 0.1) is 16.0 Å². The van der Waals surface area contributed by atoms with E-state index in [2.05, 4.69) is 5.32 Å². The van der Waals surface area contributed by atoms with Crippen molar-refractivity contribution in [1.29, 1.82) is 0 Å². The van der Waals surface area contributed by atoms with E-state index in [-0.39, 0.29) is 36.2 Å². The number of nitro groups is 1. The van der Waals surface area contributed by atoms with Crippen LogP contribution in [-0.2, 0) is 21.2 Å². The van der Waals surface area contributed by atoms with Crippen LogP contribution < -0.4 is 14.8 Å². The lowest BCUT2D eigenvalue weighted by atomic mass is 9.97. The molecule has 1 saturated heterocycles. The summed E-state index contributed by atoms with van der Waals surface area (Å²) in [6, 6.07) is 2.84. The second kappa shape index (κ2) is 9.20. The van der Waals surface area contributed by atoms with Crippen LogP contribution in [0.1, 0.15) is 18.4 Å². The molecule has 1 aromatic carbocycles. The highest BCUT2D eigenvalue weighted by atomic mass is 32.2. The predicted molar refractivity (Wildman–Crippen MR) is 102 cm³/mol. The third-order valence-electron chi connectivity index (χ3n) is 4.77. The standard InChI is InChI=1S/C17H25N3O7S/c1-26-15-10-13(14(20(22)23)11-16(15)27-2)4-7-18-17(21)12-5-8-19(9-6-12)28(3,24)25/h10-12H,4-9H2,1-3H3,(H,18,21). The van der Waals surface area contributed by atoms with Gasteiger partial charge in [0, 0.05) is 31.1 Å². The number of methoxy groups -OCH3 is 2. The average Bonchev–Trinajstić information content (AvgIpc) is 2.66. The highest BCUT2D eigenvalue weighted by Gasteiger charge is 2.29. The van der Waals surface area contributed by atoms with Crippen molar-refractivity contribution in [2.45, 2.75) is 19.3 Å². The molecule has 0 spiro atoms. The van der Waals surface area contributed by atoms with Gasteiger partial charge in [-0.3, -0.25) is 14.9 Å². The average molecular weight is 415 g/mol. The number of ether oxygens (including phenoxy) is 2. The minimum atomic E-state index is -3.24. The van der Waals surface area contributed by atoms with Crippen LogP contribution in [0.3, 0.4) is 0 Å². The molecule has 1 aliphatic heterocycles. The maximum Gasteiger partial charge on any atom is 0.276 e. The van der Waals surface area contributed by atoms with Crippen molar-refractivity contribution in [2.75, 3.05) is 40.1 Å². The molecule has 1 N–H and O–H groups in total. The fourth-order valence-corrected chi connectivity index (χ4v) is 4.07. The van der Waals surface area contributed by atoms with E-state index >= 15 is 0 Å². The van der Waals surface area contributed by atoms with Crippen molar-refractivity contribution in [2.24, 2.45) is 5.92 Å². The van der Waals surface area contributed by atoms with Crippen LogP contribution in [0.5, 0.6) is 11.5 Å². The van der Waals surface area contributed by atoms with E-state index in [0.29, 0.717) is 37.2 Å². The predicted octanol–water partition coefficient (Wildman–Crippen LogP) is 0.942. The Morgan fingerprint density at radius 2 is 1.82 bits per heavy atom. The van der Waals surface area contributed by atoms with Crippen LogP contribution in [-0.4, -0.2) is 63.7 Å². The number of nitrogens with zero attached hydrogens (tertiary/aromatic N) is 2. The van der Waals surface area contributed by atoms with E-state index in [0.717, 1.165) is 6.26 Å². The Balaban J connectivity index is 1.96. The van der Waals surface area contributed by atoms with E-state index in [1.807, 2.05) is 0 Å². The first-order chi connectivity index (χ1) is 13.2. The van der Waals surface area contributed by atoms with Gasteiger partial charge in [0.15, 0.2) is 11.5 Å². The molecule has 0 saturated carbocycles. The van der Waals surface area contributed by atoms with Gasteiger partial charge in [-0.25, -0.2) is 12.7 Å². The number of benzene rings is 1. The number of carbonyl (C=O) groups is 1. The first-order valence-electron chi connectivity index (χ1n) is 8.79. The number of carbonyl (C=O) groups excluding carboxylic acids is 1. The molecule has 1 amide bonds. The number of sulfonamides is 1. The van der Waals surface area contributed by atoms with Crippen LogP contribution in [0.25, 0.3) is 0 Å². The van der Waals surface area contributed by atoms with E-state index in [1.54, 1.807) is 0 Å². The molecule has 0 radical (unpaired) electrons. The first-order valence-corrected chi connectivity index (χ1v) is 10.6. The number of nitro benzene ring substituents is 1. The van der Waals surface area contributed by atoms with Crippen LogP contribution in [0.15, 0.2) is 12.1 Å². The van der Waals surface area contributed by atoms with Gasteiger partial charge in [-0.15, -0.1) is 0 Å². The highest BCUT2D eigenvalue weighted by Crippen LogP contribution is 2.34. The van der Waals surface area contributed by atoms with Gasteiger partial charge < -0.3 is 14.8 Å². The molecule has 0 aromatic heterocycles. The third kappa shape index (κ3) is 5.32. The maximum absolute atomic E-state index is 12.3. The number of hydrogen-bond donors (Lipinski definition) is 1. The lowest BCUT2D eigenvalue weighted by molar-refractivity contribution is -0.385. The molecule has 1 aliphatic rings. The lowest BCUT2D eigenvalue weighted by Crippen LogP contribution is -2.42. The summed E-state index contributed by atoms with van der Waals surface area (Å²) < 4.78 is 34.7. The zero-order chi connectivity index (χ0) is 20.9. The Morgan fingerprint density at radius 3 is 2.32 bits per heavy atom. The molecule has 0 unspecified atom stereocenters. The zero-order valence-corrected chi connectivity index (χ0v) is 17.0. The zero-order valence-electron chi connectivity index (χ0n) is 16.1. The van der Waals surface area contributed by atoms with Crippen LogP contribution >= 0.6 is 0 Å². The van der Waals surface area contributed by atoms with Crippen molar-refractivity contribution in [1.82, 2.24) is 9.62 Å². The number of rotatable bonds is 8. The minimum Gasteiger partial charge on any atom is -0.493 e. The first kappa shape index (κ1) is 21.9. The van der Waals surface area contributed by atoms with Gasteiger partial charge in [-0.2, -0.15) is 0 Å². The molecule has 0 aliphatic carbocycles. The fourth-order valence-electron chi connectivity index (χ4n) is 3.19. The van der Waals surface area contributed by atoms with Gasteiger partial charge in [-0.05, 0) is 25.3 Å². The monoisotopic (exact) mass is 415 g/mol. The number of nitrogens with one attached hydrogen (secondary N) is 1. The second-order valence-corrected chi connectivity index (χ2v) is 8.55. The number of hydrogen-bond acceptors (Lipinski definition) is 7. The Kier molecular flexibility index (Phi) is 7.19. The molecule has 2 rings (SSSR count). The molecule has 1 heterocycles. The van der Waals surface area contributed by atoms with Crippen molar-refractivity contribution in [3.8, 4) is 11.5 Å². The molecule has 11 heteroatoms. The Hall–Kier alpha value is -2.40. The van der Waals surface area contributed by atoms with Gasteiger partial charge in [-0.1, -0.05) is 0 Å². The summed E-state index contributed by atoms with van der Waals surface area (Å²) >= 11 is 0. The Labute approximate surface area is 164 Å². The maximum atomic E-state index is 12.3. The van der Waals surface area contributed by atoms with Crippen molar-refractivity contribution >= 4 is 21.6 Å². The summed E-state index contributed by atoms with van der Waals surface area (Å²) in [5.41, 5.74) is 0.322. The van der Waals surface area contributed by atoms with Crippen molar-refractivity contribution < 1.29 is 27.6 Å². The number of amides is 1. The topological polar surface area (TPSA) is 128 Å². The summed E-state index contributed by atoms with van der Waals surface area (Å²) in [5, 5.41) is 14.1. The molecule has 0 bridgehead atoms. The van der Waals surface area contributed by atoms with Crippen LogP contribution in [0.2, 0.25) is 0 Å². The second-order valence-electron chi connectivity index (χ2n) is 6.57. The fraction of sp³-hybridized carbons (Fsp3) is 0.588. The summed E-state index contributed by atoms with van der Waals surface area (Å²) in [7, 11) is -0.396. The summed E-state index contributed by atoms with van der Waals surface area (Å²) in [4.78, 5) is 23.1. The van der Waals surface area contributed by atoms with Gasteiger partial charge in [0.25, 0.3) is 5.69 Å². The van der Waals surface area contributed by atoms with Gasteiger partial charge in [0.2, 0.25) is 15.9 Å². The summed E-state index contributed by atoms with van der Waals surface area (Å²) in [6.07, 6.45) is 2.32. The molecule has 28 heavy (non-hydrogen) atoms. The highest BCUT2D eigenvalue weighted by molar-refractivity contribution is 7.88. The van der Waals surface area contributed by atoms with E-state index in [4.69, 9.17) is 9.47 Å². The molecule has 1 aromatic rings. The molecule has 10 nitrogen and oxygen atoms in total. The van der Waals surface area contributed by atoms with Crippen LogP contribution in [0.4, 0.5) is 5.69 Å². The van der Waals surface area contributed by atoms with E-state index < -0.39 is 14.9 Å². The lowest BCUT2D eigenvalue weighted by Gasteiger charge is -2.29. The largest absolute Gasteiger partial charge is 0.493 e. The quantitative estimate of drug-likeness (QED) is 0.494. The Morgan fingerprint density at radius 1 is 1.25 bits per heavy atom. The molecule has 0 atom stereocenters. The van der Waals surface area contributed by atoms with Crippen molar-refractivity contribution in [3.05, 3.63) is 27.8 Å². The smallest absolute Gasteiger partial charge is 0.276 e. The molecular formula is C17H25N3O7S. The van der Waals surface area contributed by atoms with Crippen molar-refractivity contribution in [3.63, 3.8) is 0 Å². The number of piperidine rings is 1. The third-order valence-corrected chi connectivity index (χ3v) is 6.07. The molecular weight excluding hydrogens is 390 g/mol. The van der Waals surface area contributed by atoms with E-state index in [1.165, 1.54) is 30.7 Å². The SMILES string of the molecule is COc1cc(CCNC(=O)C2CCN(S(C)(=O)=O)CC2)c([N+](=O)[O-])cc1OC. The Bertz CT molecular complexity index is 833. The van der Waals surface area contributed by atoms with Gasteiger partial charge >= 0.3 is 0 Å². The molecule has 156 valence electrons. The van der Waals surface area contributed by atoms with Gasteiger partial charge in [0.1, 0.15) is 0 Å². The normalized spacial score (nSPS) is 15.8. The molecule has 1 fully saturated rings. The van der Waals surface area contributed by atoms with Gasteiger partial charge in [0.05, 0.1) is 31.5 Å². The van der Waals surface area contributed by atoms with E-state index in [9.17, 15) is 23.3 Å².